The van der Waals surface area contributed by atoms with Gasteiger partial charge in [0.15, 0.2) is 0 Å². The molecule has 0 saturated carbocycles. The smallest absolute Gasteiger partial charge is 0.408 e. The number of rotatable bonds is 3. The molecule has 0 aliphatic rings. The Labute approximate surface area is 85.5 Å². The van der Waals surface area contributed by atoms with Crippen molar-refractivity contribution in [1.29, 1.82) is 0 Å². The van der Waals surface area contributed by atoms with Gasteiger partial charge in [0.05, 0.1) is 6.54 Å². The summed E-state index contributed by atoms with van der Waals surface area (Å²) in [4.78, 5) is 10.9. The highest BCUT2D eigenvalue weighted by Gasteiger charge is 2.03. The van der Waals surface area contributed by atoms with Gasteiger partial charge in [-0.2, -0.15) is 0 Å². The summed E-state index contributed by atoms with van der Waals surface area (Å²) in [6, 6.07) is 0. The molecule has 1 N–H and O–H groups in total. The first-order valence-corrected chi connectivity index (χ1v) is 4.47. The molecule has 0 aromatic heterocycles. The highest BCUT2D eigenvalue weighted by molar-refractivity contribution is 5.67. The van der Waals surface area contributed by atoms with Crippen molar-refractivity contribution in [2.45, 2.75) is 20.8 Å². The van der Waals surface area contributed by atoms with Crippen LogP contribution in [0.15, 0.2) is 12.2 Å². The first-order valence-electron chi connectivity index (χ1n) is 4.47. The van der Waals surface area contributed by atoms with Gasteiger partial charge in [-0.05, 0) is 5.41 Å². The third-order valence-electron chi connectivity index (χ3n) is 1.26. The van der Waals surface area contributed by atoms with E-state index in [2.05, 4.69) is 32.0 Å². The van der Waals surface area contributed by atoms with Crippen LogP contribution in [-0.2, 0) is 4.74 Å². The van der Waals surface area contributed by atoms with Gasteiger partial charge in [0.25, 0.3) is 0 Å². The summed E-state index contributed by atoms with van der Waals surface area (Å²) in [6.07, 6.45) is 8.27. The van der Waals surface area contributed by atoms with Gasteiger partial charge in [0.2, 0.25) is 0 Å². The molecule has 0 rings (SSSR count). The Morgan fingerprint density at radius 1 is 1.57 bits per heavy atom. The molecule has 0 unspecified atom stereocenters. The first-order chi connectivity index (χ1) is 6.45. The molecular weight excluding hydrogens is 178 g/mol. The van der Waals surface area contributed by atoms with E-state index < -0.39 is 6.09 Å². The molecule has 0 bridgehead atoms. The van der Waals surface area contributed by atoms with Gasteiger partial charge in [-0.25, -0.2) is 4.79 Å². The van der Waals surface area contributed by atoms with Crippen LogP contribution in [0.1, 0.15) is 20.8 Å². The summed E-state index contributed by atoms with van der Waals surface area (Å²) < 4.78 is 4.81. The Balaban J connectivity index is 3.60. The minimum atomic E-state index is -0.485. The lowest BCUT2D eigenvalue weighted by atomic mass is 9.96. The van der Waals surface area contributed by atoms with Crippen LogP contribution in [0.3, 0.4) is 0 Å². The second kappa shape index (κ2) is 6.09. The number of nitrogens with one attached hydrogen (secondary N) is 1. The van der Waals surface area contributed by atoms with Gasteiger partial charge >= 0.3 is 6.09 Å². The Hall–Kier alpha value is -1.43. The van der Waals surface area contributed by atoms with Gasteiger partial charge in [0.1, 0.15) is 6.61 Å². The second-order valence-electron chi connectivity index (χ2n) is 3.92. The number of alkyl carbamates (subject to hydrolysis) is 1. The van der Waals surface area contributed by atoms with Crippen molar-refractivity contribution in [2.75, 3.05) is 13.2 Å². The molecule has 0 aromatic carbocycles. The summed E-state index contributed by atoms with van der Waals surface area (Å²) in [5.74, 6) is 2.28. The number of carbonyl (C=O) groups is 1. The zero-order chi connectivity index (χ0) is 11.0. The predicted octanol–water partition coefficient (Wildman–Crippen LogP) is 1.95. The molecule has 0 atom stereocenters. The van der Waals surface area contributed by atoms with Gasteiger partial charge < -0.3 is 10.1 Å². The van der Waals surface area contributed by atoms with Crippen LogP contribution in [0.4, 0.5) is 4.79 Å². The summed E-state index contributed by atoms with van der Waals surface area (Å²) in [5, 5.41) is 2.40. The maximum Gasteiger partial charge on any atom is 0.408 e. The molecule has 1 amide bonds. The molecule has 0 fully saturated rings. The van der Waals surface area contributed by atoms with E-state index in [1.807, 2.05) is 12.2 Å². The topological polar surface area (TPSA) is 38.3 Å². The number of ether oxygens (including phenoxy) is 1. The molecule has 3 nitrogen and oxygen atoms in total. The number of allylic oxidation sites excluding steroid dienone is 1. The lowest BCUT2D eigenvalue weighted by Gasteiger charge is -2.10. The highest BCUT2D eigenvalue weighted by Crippen LogP contribution is 2.13. The highest BCUT2D eigenvalue weighted by atomic mass is 16.5. The lowest BCUT2D eigenvalue weighted by Crippen LogP contribution is -2.24. The Bertz CT molecular complexity index is 243. The van der Waals surface area contributed by atoms with Crippen LogP contribution in [0.25, 0.3) is 0 Å². The van der Waals surface area contributed by atoms with Crippen molar-refractivity contribution < 1.29 is 9.53 Å². The standard InChI is InChI=1S/C11H17NO2/c1-5-8-12-10(13)14-9-6-7-11(2,3)4/h1,6-7H,8-9H2,2-4H3,(H,12,13). The SMILES string of the molecule is C#CCNC(=O)OCC=CC(C)(C)C. The van der Waals surface area contributed by atoms with E-state index >= 15 is 0 Å². The zero-order valence-corrected chi connectivity index (χ0v) is 8.96. The second-order valence-corrected chi connectivity index (χ2v) is 3.92. The molecule has 3 heteroatoms. The summed E-state index contributed by atoms with van der Waals surface area (Å²) in [6.45, 7) is 6.68. The van der Waals surface area contributed by atoms with Crippen molar-refractivity contribution >= 4 is 6.09 Å². The number of hydrogen-bond donors (Lipinski definition) is 1. The number of hydrogen-bond acceptors (Lipinski definition) is 2. The lowest BCUT2D eigenvalue weighted by molar-refractivity contribution is 0.159. The van der Waals surface area contributed by atoms with Gasteiger partial charge in [0, 0.05) is 0 Å². The summed E-state index contributed by atoms with van der Waals surface area (Å²) >= 11 is 0. The van der Waals surface area contributed by atoms with Crippen LogP contribution in [0, 0.1) is 17.8 Å². The van der Waals surface area contributed by atoms with Crippen LogP contribution in [0.5, 0.6) is 0 Å². The third-order valence-corrected chi connectivity index (χ3v) is 1.26. The van der Waals surface area contributed by atoms with Crippen molar-refractivity contribution in [2.24, 2.45) is 5.41 Å². The number of amides is 1. The predicted molar refractivity (Wildman–Crippen MR) is 56.8 cm³/mol. The minimum Gasteiger partial charge on any atom is -0.445 e. The molecule has 0 aliphatic heterocycles. The Morgan fingerprint density at radius 2 is 2.21 bits per heavy atom. The normalized spacial score (nSPS) is 11.0. The van der Waals surface area contributed by atoms with E-state index in [-0.39, 0.29) is 18.6 Å². The maximum absolute atomic E-state index is 10.9. The van der Waals surface area contributed by atoms with Gasteiger partial charge in [-0.3, -0.25) is 0 Å². The van der Waals surface area contributed by atoms with Crippen molar-refractivity contribution in [1.82, 2.24) is 5.32 Å². The van der Waals surface area contributed by atoms with E-state index in [0.717, 1.165) is 0 Å². The molecule has 0 heterocycles. The largest absolute Gasteiger partial charge is 0.445 e. The molecule has 0 aliphatic carbocycles. The molecule has 0 saturated heterocycles. The fourth-order valence-electron chi connectivity index (χ4n) is 0.700. The van der Waals surface area contributed by atoms with Crippen LogP contribution >= 0.6 is 0 Å². The molecule has 0 spiro atoms. The Kier molecular flexibility index (Phi) is 5.47. The fourth-order valence-corrected chi connectivity index (χ4v) is 0.700. The maximum atomic E-state index is 10.9. The quantitative estimate of drug-likeness (QED) is 0.552. The number of terminal acetylenes is 1. The van der Waals surface area contributed by atoms with Crippen LogP contribution in [0.2, 0.25) is 0 Å². The summed E-state index contributed by atoms with van der Waals surface area (Å²) in [7, 11) is 0. The molecule has 0 aromatic rings. The van der Waals surface area contributed by atoms with E-state index in [9.17, 15) is 4.79 Å². The average molecular weight is 195 g/mol. The van der Waals surface area contributed by atoms with E-state index in [0.29, 0.717) is 0 Å². The van der Waals surface area contributed by atoms with Crippen molar-refractivity contribution in [3.05, 3.63) is 12.2 Å². The van der Waals surface area contributed by atoms with E-state index in [1.54, 1.807) is 0 Å². The van der Waals surface area contributed by atoms with E-state index in [1.165, 1.54) is 0 Å². The zero-order valence-electron chi connectivity index (χ0n) is 8.96. The molecule has 14 heavy (non-hydrogen) atoms. The molecular formula is C11H17NO2. The minimum absolute atomic E-state index is 0.110. The van der Waals surface area contributed by atoms with E-state index in [4.69, 9.17) is 11.2 Å². The summed E-state index contributed by atoms with van der Waals surface area (Å²) in [5.41, 5.74) is 0.110. The van der Waals surface area contributed by atoms with Crippen molar-refractivity contribution in [3.8, 4) is 12.3 Å². The Morgan fingerprint density at radius 3 is 2.71 bits per heavy atom. The van der Waals surface area contributed by atoms with Crippen molar-refractivity contribution in [3.63, 3.8) is 0 Å². The average Bonchev–Trinajstić information content (AvgIpc) is 2.07. The first kappa shape index (κ1) is 12.6. The van der Waals surface area contributed by atoms with Crippen LogP contribution in [-0.4, -0.2) is 19.2 Å². The molecule has 78 valence electrons. The molecule has 0 radical (unpaired) electrons. The monoisotopic (exact) mass is 195 g/mol. The van der Waals surface area contributed by atoms with Gasteiger partial charge in [-0.1, -0.05) is 38.8 Å². The fraction of sp³-hybridized carbons (Fsp3) is 0.545. The third kappa shape index (κ3) is 8.66. The van der Waals surface area contributed by atoms with Gasteiger partial charge in [-0.15, -0.1) is 6.42 Å². The van der Waals surface area contributed by atoms with Crippen LogP contribution < -0.4 is 5.32 Å². The number of carbonyl (C=O) groups excluding carboxylic acids is 1.